The number of aliphatic hydroxyl groups is 4. The molecule has 0 aromatic heterocycles. The Bertz CT molecular complexity index is 2630. The number of alkyl halides is 3. The normalized spacial score (nSPS) is 42.3. The van der Waals surface area contributed by atoms with Gasteiger partial charge in [-0.25, -0.2) is 13.6 Å². The smallest absolute Gasteiger partial charge is 0.348 e. The van der Waals surface area contributed by atoms with Gasteiger partial charge in [-0.2, -0.15) is 4.67 Å². The zero-order chi connectivity index (χ0) is 58.6. The third kappa shape index (κ3) is 9.16. The van der Waals surface area contributed by atoms with E-state index in [1.54, 1.807) is 102 Å². The summed E-state index contributed by atoms with van der Waals surface area (Å²) in [5.41, 5.74) is -13.4. The van der Waals surface area contributed by atoms with Gasteiger partial charge in [0, 0.05) is 33.5 Å². The van der Waals surface area contributed by atoms with Crippen molar-refractivity contribution in [3.63, 3.8) is 0 Å². The summed E-state index contributed by atoms with van der Waals surface area (Å²) in [5, 5.41) is 46.9. The molecule has 0 aliphatic heterocycles. The van der Waals surface area contributed by atoms with Crippen LogP contribution in [0.15, 0.2) is 47.6 Å². The van der Waals surface area contributed by atoms with Crippen molar-refractivity contribution in [3.8, 4) is 0 Å². The fourth-order valence-corrected chi connectivity index (χ4v) is 17.0. The van der Waals surface area contributed by atoms with E-state index in [1.165, 1.54) is 24.3 Å². The third-order valence-electron chi connectivity index (χ3n) is 21.3. The molecular weight excluding hydrogens is 1100 g/mol. The molecule has 6 fully saturated rings. The highest BCUT2D eigenvalue weighted by molar-refractivity contribution is 9.10. The number of aliphatic hydroxyl groups excluding tert-OH is 2. The predicted octanol–water partition coefficient (Wildman–Crippen LogP) is 8.60. The van der Waals surface area contributed by atoms with Crippen LogP contribution >= 0.6 is 24.7 Å². The van der Waals surface area contributed by atoms with E-state index in [0.717, 1.165) is 0 Å². The molecular formula is C59H82BrF2O15P. The Morgan fingerprint density at radius 2 is 1.09 bits per heavy atom. The van der Waals surface area contributed by atoms with E-state index in [1.807, 2.05) is 0 Å². The molecule has 19 heteroatoms. The molecule has 15 nitrogen and oxygen atoms in total. The van der Waals surface area contributed by atoms with Crippen molar-refractivity contribution in [2.75, 3.05) is 19.9 Å². The predicted molar refractivity (Wildman–Crippen MR) is 289 cm³/mol. The molecule has 8 aliphatic carbocycles. The number of ether oxygens (including phenoxy) is 2. The van der Waals surface area contributed by atoms with E-state index in [2.05, 4.69) is 15.9 Å². The number of ketones is 4. The molecule has 0 spiro atoms. The van der Waals surface area contributed by atoms with Crippen molar-refractivity contribution in [1.82, 2.24) is 0 Å². The molecule has 4 N–H and O–H groups in total. The first-order valence-electron chi connectivity index (χ1n) is 27.5. The molecule has 0 aromatic rings. The number of fused-ring (bicyclic) bond motifs is 10. The van der Waals surface area contributed by atoms with Gasteiger partial charge in [-0.15, -0.1) is 0 Å². The molecule has 6 saturated carbocycles. The lowest BCUT2D eigenvalue weighted by atomic mass is 9.44. The van der Waals surface area contributed by atoms with Crippen LogP contribution in [0.2, 0.25) is 0 Å². The summed E-state index contributed by atoms with van der Waals surface area (Å²) >= 11 is 3.20. The number of hydrogen-bond acceptors (Lipinski definition) is 15. The average Bonchev–Trinajstić information content (AvgIpc) is 3.50. The van der Waals surface area contributed by atoms with E-state index in [4.69, 9.17) is 19.0 Å². The fraction of sp³-hybridized carbons (Fsp3) is 0.746. The molecule has 0 heterocycles. The van der Waals surface area contributed by atoms with Crippen LogP contribution in [0.4, 0.5) is 8.78 Å². The van der Waals surface area contributed by atoms with Gasteiger partial charge >= 0.3 is 17.9 Å². The molecule has 0 aromatic carbocycles. The summed E-state index contributed by atoms with van der Waals surface area (Å²) in [4.78, 5) is 94.3. The zero-order valence-electron chi connectivity index (χ0n) is 47.5. The van der Waals surface area contributed by atoms with Crippen LogP contribution in [-0.4, -0.2) is 120 Å². The molecule has 18 atom stereocenters. The molecule has 0 bridgehead atoms. The Kier molecular flexibility index (Phi) is 16.6. The minimum absolute atomic E-state index is 0.0503. The summed E-state index contributed by atoms with van der Waals surface area (Å²) < 4.78 is 49.1. The van der Waals surface area contributed by atoms with E-state index in [0.29, 0.717) is 56.1 Å². The van der Waals surface area contributed by atoms with Gasteiger partial charge < -0.3 is 29.9 Å². The number of carbonyl (C=O) groups excluding carboxylic acids is 7. The zero-order valence-corrected chi connectivity index (χ0v) is 50.1. The van der Waals surface area contributed by atoms with Crippen molar-refractivity contribution in [1.29, 1.82) is 0 Å². The van der Waals surface area contributed by atoms with Crippen LogP contribution in [0.5, 0.6) is 0 Å². The topological polar surface area (TPSA) is 237 Å². The van der Waals surface area contributed by atoms with Crippen molar-refractivity contribution in [2.24, 2.45) is 68.0 Å². The Morgan fingerprint density at radius 3 is 1.46 bits per heavy atom. The maximum atomic E-state index is 17.4. The number of halogens is 3. The second-order valence-electron chi connectivity index (χ2n) is 26.4. The summed E-state index contributed by atoms with van der Waals surface area (Å²) in [5.74, 6) is -6.79. The van der Waals surface area contributed by atoms with Crippen LogP contribution in [0.3, 0.4) is 0 Å². The SMILES string of the molecule is CC1CC2C3CCC4=CC(=O)C=CC4(C)C3(F)C(O)CC2(C)C1(O)C(=O)COC(=O)C(C)(C)Br.CCC(C)(CC(C)(C)C(=O)OCC(=O)C1(O)C(C)CC2C3CCC4=CC(=O)C=CC4(C)C3(F)C(O)CC21C)C(=O)OOPC. The van der Waals surface area contributed by atoms with Gasteiger partial charge in [0.05, 0.1) is 31.8 Å². The van der Waals surface area contributed by atoms with Crippen molar-refractivity contribution in [2.45, 2.75) is 186 Å². The first-order chi connectivity index (χ1) is 35.8. The molecule has 0 saturated heterocycles. The maximum absolute atomic E-state index is 17.4. The number of esters is 2. The lowest BCUT2D eigenvalue weighted by Crippen LogP contribution is -2.69. The molecule has 0 amide bonds. The van der Waals surface area contributed by atoms with Crippen LogP contribution in [0, 0.1) is 68.0 Å². The Labute approximate surface area is 467 Å². The molecule has 434 valence electrons. The number of rotatable bonds is 14. The van der Waals surface area contributed by atoms with E-state index < -0.39 is 144 Å². The highest BCUT2D eigenvalue weighted by Crippen LogP contribution is 2.72. The minimum atomic E-state index is -2.08. The van der Waals surface area contributed by atoms with Crippen LogP contribution < -0.4 is 0 Å². The average molecular weight is 1180 g/mol. The molecule has 78 heavy (non-hydrogen) atoms. The summed E-state index contributed by atoms with van der Waals surface area (Å²) in [7, 11) is -0.0503. The third-order valence-corrected chi connectivity index (χ3v) is 21.9. The van der Waals surface area contributed by atoms with Crippen LogP contribution in [0.25, 0.3) is 0 Å². The Hall–Kier alpha value is -3.38. The lowest BCUT2D eigenvalue weighted by Gasteiger charge is -2.62. The van der Waals surface area contributed by atoms with Gasteiger partial charge in [-0.1, -0.05) is 73.8 Å². The largest absolute Gasteiger partial charge is 0.457 e. The van der Waals surface area contributed by atoms with Crippen molar-refractivity contribution >= 4 is 65.8 Å². The van der Waals surface area contributed by atoms with Gasteiger partial charge in [0.15, 0.2) is 36.1 Å². The molecule has 18 unspecified atom stereocenters. The number of allylic oxidation sites excluding steroid dienone is 8. The summed E-state index contributed by atoms with van der Waals surface area (Å²) in [6.45, 7) is 20.8. The van der Waals surface area contributed by atoms with Gasteiger partial charge in [0.25, 0.3) is 0 Å². The maximum Gasteiger partial charge on any atom is 0.348 e. The van der Waals surface area contributed by atoms with Crippen LogP contribution in [-0.2, 0) is 52.6 Å². The molecule has 8 aliphatic rings. The van der Waals surface area contributed by atoms with Crippen molar-refractivity contribution in [3.05, 3.63) is 47.6 Å². The highest BCUT2D eigenvalue weighted by Gasteiger charge is 2.77. The second kappa shape index (κ2) is 20.8. The number of Topliss-reactive ketones (excluding diaryl/α,β-unsaturated/α-hetero) is 2. The number of carbonyl (C=O) groups is 7. The summed E-state index contributed by atoms with van der Waals surface area (Å²) in [6, 6.07) is 0. The van der Waals surface area contributed by atoms with E-state index in [-0.39, 0.29) is 45.6 Å². The fourth-order valence-electron chi connectivity index (χ4n) is 16.7. The lowest BCUT2D eigenvalue weighted by molar-refractivity contribution is -0.222. The first-order valence-corrected chi connectivity index (χ1v) is 29.7. The second-order valence-corrected chi connectivity index (χ2v) is 29.0. The highest BCUT2D eigenvalue weighted by atomic mass is 79.9. The van der Waals surface area contributed by atoms with E-state index >= 15 is 8.78 Å². The Morgan fingerprint density at radius 1 is 0.692 bits per heavy atom. The quantitative estimate of drug-likeness (QED) is 0.0419. The summed E-state index contributed by atoms with van der Waals surface area (Å²) in [6.07, 6.45) is 8.59. The van der Waals surface area contributed by atoms with Crippen LogP contribution in [0.1, 0.15) is 147 Å². The molecule has 8 rings (SSSR count). The Balaban J connectivity index is 0.000000233. The van der Waals surface area contributed by atoms with Gasteiger partial charge in [0.1, 0.15) is 15.5 Å². The van der Waals surface area contributed by atoms with Gasteiger partial charge in [-0.05, 0) is 167 Å². The van der Waals surface area contributed by atoms with Crippen molar-refractivity contribution < 1.29 is 81.8 Å². The number of hydrogen-bond donors (Lipinski definition) is 4. The minimum Gasteiger partial charge on any atom is -0.457 e. The van der Waals surface area contributed by atoms with E-state index in [9.17, 15) is 54.0 Å². The van der Waals surface area contributed by atoms with Gasteiger partial charge in [-0.3, -0.25) is 33.7 Å². The molecule has 0 radical (unpaired) electrons. The standard InChI is InChI=1S/C33H48FO9P.C26H34BrFO6/c1-9-29(5,27(39)42-43-44-8)18-28(3,4)26(38)41-17-25(37)33(40)19(2)14-23-22-11-10-20-15-21(35)12-13-30(20,6)32(22,34)24(36)16-31(23,33)7;1-14-10-18-17-7-6-15-11-16(29)8-9-23(15,4)25(17,28)19(30)12-24(18,5)26(14,33)20(31)13-34-21(32)22(2,3)27/h12-13,15,19,22-24,36,40,44H,9-11,14,16-18H2,1-8H3;8-9,11,14,17-19,30,33H,6-7,10,12-13H2,1-5H3. The van der Waals surface area contributed by atoms with Gasteiger partial charge in [0.2, 0.25) is 11.6 Å². The first kappa shape index (κ1) is 62.2. The monoisotopic (exact) mass is 1180 g/mol.